The van der Waals surface area contributed by atoms with Gasteiger partial charge in [-0.2, -0.15) is 0 Å². The van der Waals surface area contributed by atoms with Crippen LogP contribution in [0.2, 0.25) is 0 Å². The molecule has 0 saturated carbocycles. The Hall–Kier alpha value is -1.30. The zero-order valence-corrected chi connectivity index (χ0v) is 29.8. The first-order valence-corrected chi connectivity index (χ1v) is 19.1. The van der Waals surface area contributed by atoms with Crippen molar-refractivity contribution >= 4 is 11.9 Å². The van der Waals surface area contributed by atoms with Gasteiger partial charge >= 0.3 is 11.9 Å². The molecule has 1 rings (SSSR count). The summed E-state index contributed by atoms with van der Waals surface area (Å²) in [5.74, 6) is -0.805. The van der Waals surface area contributed by atoms with E-state index in [0.717, 1.165) is 44.9 Å². The molecular formula is C37H70O10. The number of rotatable bonds is 31. The van der Waals surface area contributed by atoms with Crippen LogP contribution in [0.5, 0.6) is 0 Å². The topological polar surface area (TPSA) is 152 Å². The van der Waals surface area contributed by atoms with Gasteiger partial charge in [-0.3, -0.25) is 9.59 Å². The average Bonchev–Trinajstić information content (AvgIpc) is 3.06. The lowest BCUT2D eigenvalue weighted by atomic mass is 9.99. The van der Waals surface area contributed by atoms with E-state index in [1.165, 1.54) is 89.9 Å². The van der Waals surface area contributed by atoms with E-state index < -0.39 is 49.4 Å². The van der Waals surface area contributed by atoms with Crippen LogP contribution in [0.25, 0.3) is 0 Å². The van der Waals surface area contributed by atoms with Gasteiger partial charge in [-0.25, -0.2) is 0 Å². The predicted octanol–water partition coefficient (Wildman–Crippen LogP) is 6.66. The molecule has 0 spiro atoms. The van der Waals surface area contributed by atoms with Gasteiger partial charge in [-0.05, 0) is 12.8 Å². The van der Waals surface area contributed by atoms with Crippen molar-refractivity contribution in [1.82, 2.24) is 0 Å². The summed E-state index contributed by atoms with van der Waals surface area (Å²) in [5.41, 5.74) is 0. The zero-order chi connectivity index (χ0) is 34.5. The first kappa shape index (κ1) is 43.7. The van der Waals surface area contributed by atoms with Crippen molar-refractivity contribution in [1.29, 1.82) is 0 Å². The smallest absolute Gasteiger partial charge is 0.306 e. The zero-order valence-electron chi connectivity index (χ0n) is 29.8. The van der Waals surface area contributed by atoms with Crippen LogP contribution in [0, 0.1) is 0 Å². The van der Waals surface area contributed by atoms with Gasteiger partial charge in [-0.1, -0.05) is 142 Å². The van der Waals surface area contributed by atoms with Gasteiger partial charge < -0.3 is 39.4 Å². The third-order valence-corrected chi connectivity index (χ3v) is 8.99. The normalized spacial score (nSPS) is 21.9. The minimum Gasteiger partial charge on any atom is -0.462 e. The lowest BCUT2D eigenvalue weighted by Crippen LogP contribution is -2.59. The molecule has 0 aromatic carbocycles. The first-order valence-electron chi connectivity index (χ1n) is 19.1. The molecule has 0 bridgehead atoms. The van der Waals surface area contributed by atoms with Gasteiger partial charge in [0.25, 0.3) is 0 Å². The van der Waals surface area contributed by atoms with Crippen molar-refractivity contribution in [3.05, 3.63) is 0 Å². The van der Waals surface area contributed by atoms with Gasteiger partial charge in [-0.15, -0.1) is 0 Å². The fourth-order valence-electron chi connectivity index (χ4n) is 5.89. The molecule has 1 heterocycles. The fourth-order valence-corrected chi connectivity index (χ4v) is 5.89. The van der Waals surface area contributed by atoms with Gasteiger partial charge in [0.2, 0.25) is 0 Å². The Morgan fingerprint density at radius 1 is 0.574 bits per heavy atom. The van der Waals surface area contributed by atoms with E-state index >= 15 is 0 Å². The molecule has 0 amide bonds. The third kappa shape index (κ3) is 22.1. The second-order valence-electron chi connectivity index (χ2n) is 13.4. The van der Waals surface area contributed by atoms with Crippen molar-refractivity contribution < 1.29 is 49.0 Å². The monoisotopic (exact) mass is 674 g/mol. The standard InChI is InChI=1S/C37H70O10/c1-3-5-7-9-11-12-13-14-15-16-17-18-20-22-24-26-33(40)46-30(28-44-32(39)25-23-21-19-10-8-6-4-2)29-45-37-36(43)35(42)34(41)31(27-38)47-37/h30-31,34-38,41-43H,3-29H2,1-2H3. The number of aliphatic hydroxyl groups is 4. The maximum absolute atomic E-state index is 12.7. The van der Waals surface area contributed by atoms with E-state index in [2.05, 4.69) is 13.8 Å². The molecule has 278 valence electrons. The molecule has 6 atom stereocenters. The van der Waals surface area contributed by atoms with Crippen LogP contribution in [0.4, 0.5) is 0 Å². The summed E-state index contributed by atoms with van der Waals surface area (Å²) in [6.07, 6.45) is 18.5. The molecule has 1 fully saturated rings. The van der Waals surface area contributed by atoms with Gasteiger partial charge in [0.1, 0.15) is 31.0 Å². The maximum Gasteiger partial charge on any atom is 0.306 e. The molecule has 0 radical (unpaired) electrons. The molecule has 0 aromatic rings. The molecule has 6 unspecified atom stereocenters. The highest BCUT2D eigenvalue weighted by Gasteiger charge is 2.44. The number of unbranched alkanes of at least 4 members (excludes halogenated alkanes) is 20. The summed E-state index contributed by atoms with van der Waals surface area (Å²) in [6, 6.07) is 0. The SMILES string of the molecule is CCCCCCCCCCCCCCCCCC(=O)OC(COC(=O)CCCCCCCCC)COC1OC(CO)C(O)C(O)C1O. The molecular weight excluding hydrogens is 604 g/mol. The quantitative estimate of drug-likeness (QED) is 0.0464. The highest BCUT2D eigenvalue weighted by molar-refractivity contribution is 5.70. The number of carbonyl (C=O) groups excluding carboxylic acids is 2. The van der Waals surface area contributed by atoms with Crippen LogP contribution in [-0.2, 0) is 28.5 Å². The molecule has 10 nitrogen and oxygen atoms in total. The molecule has 47 heavy (non-hydrogen) atoms. The highest BCUT2D eigenvalue weighted by atomic mass is 16.7. The second-order valence-corrected chi connectivity index (χ2v) is 13.4. The summed E-state index contributed by atoms with van der Waals surface area (Å²) in [4.78, 5) is 25.0. The summed E-state index contributed by atoms with van der Waals surface area (Å²) in [7, 11) is 0. The van der Waals surface area contributed by atoms with Gasteiger partial charge in [0, 0.05) is 12.8 Å². The second kappa shape index (κ2) is 29.6. The van der Waals surface area contributed by atoms with Crippen LogP contribution in [0.3, 0.4) is 0 Å². The van der Waals surface area contributed by atoms with Crippen LogP contribution in [-0.4, -0.2) is 89.0 Å². The summed E-state index contributed by atoms with van der Waals surface area (Å²) < 4.78 is 22.0. The fraction of sp³-hybridized carbons (Fsp3) is 0.946. The van der Waals surface area contributed by atoms with Crippen molar-refractivity contribution in [2.75, 3.05) is 19.8 Å². The number of hydrogen-bond acceptors (Lipinski definition) is 10. The third-order valence-electron chi connectivity index (χ3n) is 8.99. The van der Waals surface area contributed by atoms with Crippen molar-refractivity contribution in [2.45, 2.75) is 205 Å². The van der Waals surface area contributed by atoms with Gasteiger partial charge in [0.05, 0.1) is 13.2 Å². The molecule has 4 N–H and O–H groups in total. The maximum atomic E-state index is 12.7. The van der Waals surface area contributed by atoms with Gasteiger partial charge in [0.15, 0.2) is 12.4 Å². The molecule has 1 saturated heterocycles. The van der Waals surface area contributed by atoms with E-state index in [4.69, 9.17) is 18.9 Å². The predicted molar refractivity (Wildman–Crippen MR) is 183 cm³/mol. The largest absolute Gasteiger partial charge is 0.462 e. The summed E-state index contributed by atoms with van der Waals surface area (Å²) in [5, 5.41) is 39.8. The number of esters is 2. The van der Waals surface area contributed by atoms with E-state index in [-0.39, 0.29) is 32.0 Å². The van der Waals surface area contributed by atoms with E-state index in [1.807, 2.05) is 0 Å². The molecule has 10 heteroatoms. The number of hydrogen-bond donors (Lipinski definition) is 4. The highest BCUT2D eigenvalue weighted by Crippen LogP contribution is 2.22. The number of ether oxygens (including phenoxy) is 4. The van der Waals surface area contributed by atoms with Crippen molar-refractivity contribution in [2.24, 2.45) is 0 Å². The lowest BCUT2D eigenvalue weighted by molar-refractivity contribution is -0.305. The molecule has 0 aromatic heterocycles. The molecule has 1 aliphatic heterocycles. The van der Waals surface area contributed by atoms with E-state index in [1.54, 1.807) is 0 Å². The molecule has 1 aliphatic rings. The van der Waals surface area contributed by atoms with Crippen LogP contribution < -0.4 is 0 Å². The lowest BCUT2D eigenvalue weighted by Gasteiger charge is -2.39. The minimum atomic E-state index is -1.59. The first-order chi connectivity index (χ1) is 22.8. The Bertz CT molecular complexity index is 749. The number of aliphatic hydroxyl groups excluding tert-OH is 4. The Morgan fingerprint density at radius 3 is 1.45 bits per heavy atom. The average molecular weight is 675 g/mol. The molecule has 0 aliphatic carbocycles. The van der Waals surface area contributed by atoms with Crippen molar-refractivity contribution in [3.8, 4) is 0 Å². The number of carbonyl (C=O) groups is 2. The minimum absolute atomic E-state index is 0.211. The summed E-state index contributed by atoms with van der Waals surface area (Å²) >= 11 is 0. The van der Waals surface area contributed by atoms with E-state index in [0.29, 0.717) is 6.42 Å². The Labute approximate surface area is 285 Å². The van der Waals surface area contributed by atoms with E-state index in [9.17, 15) is 30.0 Å². The van der Waals surface area contributed by atoms with Crippen LogP contribution in [0.1, 0.15) is 168 Å². The summed E-state index contributed by atoms with van der Waals surface area (Å²) in [6.45, 7) is 3.37. The van der Waals surface area contributed by atoms with Crippen LogP contribution in [0.15, 0.2) is 0 Å². The Kier molecular flexibility index (Phi) is 27.5. The van der Waals surface area contributed by atoms with Crippen LogP contribution >= 0.6 is 0 Å². The Morgan fingerprint density at radius 2 is 1.00 bits per heavy atom. The Balaban J connectivity index is 2.36. The van der Waals surface area contributed by atoms with Crippen molar-refractivity contribution in [3.63, 3.8) is 0 Å².